The number of aromatic nitrogens is 1. The van der Waals surface area contributed by atoms with E-state index < -0.39 is 0 Å². The first-order valence-corrected chi connectivity index (χ1v) is 6.27. The van der Waals surface area contributed by atoms with Crippen molar-refractivity contribution in [1.29, 1.82) is 0 Å². The molecule has 1 rings (SSSR count). The number of amides is 1. The summed E-state index contributed by atoms with van der Waals surface area (Å²) in [7, 11) is 0. The molecular weight excluding hydrogens is 252 g/mol. The van der Waals surface area contributed by atoms with Crippen molar-refractivity contribution in [2.75, 3.05) is 19.7 Å². The maximum Gasteiger partial charge on any atom is 0.270 e. The Labute approximate surface area is 112 Å². The Morgan fingerprint density at radius 2 is 2.33 bits per heavy atom. The molecule has 0 saturated heterocycles. The number of hydrogen-bond acceptors (Lipinski definition) is 2. The van der Waals surface area contributed by atoms with Crippen LogP contribution in [0, 0.1) is 0 Å². The fourth-order valence-corrected chi connectivity index (χ4v) is 1.97. The largest absolute Gasteiger partial charge is 0.395 e. The van der Waals surface area contributed by atoms with Gasteiger partial charge in [-0.25, -0.2) is 0 Å². The Morgan fingerprint density at radius 3 is 2.83 bits per heavy atom. The summed E-state index contributed by atoms with van der Waals surface area (Å²) in [6.07, 6.45) is 3.38. The van der Waals surface area contributed by atoms with E-state index in [9.17, 15) is 4.79 Å². The average molecular weight is 271 g/mol. The summed E-state index contributed by atoms with van der Waals surface area (Å²) in [5.41, 5.74) is 0.533. The van der Waals surface area contributed by atoms with Crippen LogP contribution >= 0.6 is 11.6 Å². The van der Waals surface area contributed by atoms with Crippen LogP contribution in [0.2, 0.25) is 5.02 Å². The maximum absolute atomic E-state index is 12.4. The van der Waals surface area contributed by atoms with Crippen LogP contribution in [-0.4, -0.2) is 40.2 Å². The quantitative estimate of drug-likeness (QED) is 0.807. The van der Waals surface area contributed by atoms with Crippen molar-refractivity contribution in [2.45, 2.75) is 19.9 Å². The van der Waals surface area contributed by atoms with Crippen molar-refractivity contribution in [3.05, 3.63) is 35.6 Å². The second-order valence-electron chi connectivity index (χ2n) is 4.31. The van der Waals surface area contributed by atoms with E-state index in [1.54, 1.807) is 18.3 Å². The molecular formula is C13H19ClN2O2. The molecule has 1 amide bonds. The van der Waals surface area contributed by atoms with E-state index in [-0.39, 0.29) is 25.1 Å². The summed E-state index contributed by atoms with van der Waals surface area (Å²) >= 11 is 5.95. The highest BCUT2D eigenvalue weighted by atomic mass is 35.5. The molecule has 0 atom stereocenters. The van der Waals surface area contributed by atoms with Gasteiger partial charge in [-0.05, 0) is 19.9 Å². The van der Waals surface area contributed by atoms with Crippen LogP contribution < -0.4 is 0 Å². The monoisotopic (exact) mass is 270 g/mol. The van der Waals surface area contributed by atoms with Gasteiger partial charge in [0.1, 0.15) is 5.69 Å². The highest BCUT2D eigenvalue weighted by Gasteiger charge is 2.20. The summed E-state index contributed by atoms with van der Waals surface area (Å²) in [4.78, 5) is 13.9. The predicted octanol–water partition coefficient (Wildman–Crippen LogP) is 2.34. The van der Waals surface area contributed by atoms with Gasteiger partial charge in [0, 0.05) is 25.3 Å². The van der Waals surface area contributed by atoms with Gasteiger partial charge in [-0.1, -0.05) is 17.7 Å². The lowest BCUT2D eigenvalue weighted by Crippen LogP contribution is -2.35. The molecule has 1 aromatic rings. The summed E-state index contributed by atoms with van der Waals surface area (Å²) in [5, 5.41) is 9.52. The Kier molecular flexibility index (Phi) is 5.44. The number of aliphatic hydroxyl groups is 1. The molecule has 0 aliphatic rings. The van der Waals surface area contributed by atoms with Gasteiger partial charge in [-0.3, -0.25) is 4.79 Å². The molecule has 5 heteroatoms. The molecule has 1 heterocycles. The van der Waals surface area contributed by atoms with E-state index >= 15 is 0 Å². The molecule has 1 aromatic heterocycles. The molecule has 0 aliphatic heterocycles. The van der Waals surface area contributed by atoms with Gasteiger partial charge in [0.15, 0.2) is 0 Å². The molecule has 0 aliphatic carbocycles. The first-order valence-electron chi connectivity index (χ1n) is 5.89. The molecule has 0 unspecified atom stereocenters. The van der Waals surface area contributed by atoms with E-state index in [0.717, 1.165) is 0 Å². The molecule has 18 heavy (non-hydrogen) atoms. The van der Waals surface area contributed by atoms with Crippen LogP contribution in [0.25, 0.3) is 0 Å². The number of hydrogen-bond donors (Lipinski definition) is 1. The molecule has 0 aromatic carbocycles. The van der Waals surface area contributed by atoms with Crippen molar-refractivity contribution in [3.63, 3.8) is 0 Å². The lowest BCUT2D eigenvalue weighted by atomic mass is 10.3. The predicted molar refractivity (Wildman–Crippen MR) is 73.0 cm³/mol. The SMILES string of the molecule is C=CCN(CCO)C(=O)c1cc(Cl)cn1C(C)C. The van der Waals surface area contributed by atoms with Gasteiger partial charge in [-0.15, -0.1) is 6.58 Å². The number of carbonyl (C=O) groups is 1. The average Bonchev–Trinajstić information content (AvgIpc) is 2.70. The highest BCUT2D eigenvalue weighted by molar-refractivity contribution is 6.31. The smallest absolute Gasteiger partial charge is 0.270 e. The summed E-state index contributed by atoms with van der Waals surface area (Å²) in [6.45, 7) is 8.19. The molecule has 0 spiro atoms. The zero-order valence-corrected chi connectivity index (χ0v) is 11.5. The fourth-order valence-electron chi connectivity index (χ4n) is 1.76. The van der Waals surface area contributed by atoms with Crippen LogP contribution in [-0.2, 0) is 0 Å². The summed E-state index contributed by atoms with van der Waals surface area (Å²) in [5.74, 6) is -0.149. The lowest BCUT2D eigenvalue weighted by Gasteiger charge is -2.21. The molecule has 1 N–H and O–H groups in total. The standard InChI is InChI=1S/C13H19ClN2O2/c1-4-5-15(6-7-17)13(18)12-8-11(14)9-16(12)10(2)3/h4,8-10,17H,1,5-7H2,2-3H3. The van der Waals surface area contributed by atoms with Gasteiger partial charge >= 0.3 is 0 Å². The Morgan fingerprint density at radius 1 is 1.67 bits per heavy atom. The van der Waals surface area contributed by atoms with E-state index in [1.165, 1.54) is 4.90 Å². The van der Waals surface area contributed by atoms with Crippen molar-refractivity contribution in [3.8, 4) is 0 Å². The van der Waals surface area contributed by atoms with Crippen molar-refractivity contribution < 1.29 is 9.90 Å². The zero-order chi connectivity index (χ0) is 13.7. The summed E-state index contributed by atoms with van der Waals surface area (Å²) in [6, 6.07) is 1.80. The van der Waals surface area contributed by atoms with Crippen molar-refractivity contribution in [2.24, 2.45) is 0 Å². The van der Waals surface area contributed by atoms with Gasteiger partial charge in [0.05, 0.1) is 11.6 Å². The third kappa shape index (κ3) is 3.37. The van der Waals surface area contributed by atoms with E-state index in [0.29, 0.717) is 17.3 Å². The van der Waals surface area contributed by atoms with Crippen molar-refractivity contribution in [1.82, 2.24) is 9.47 Å². The topological polar surface area (TPSA) is 45.5 Å². The number of nitrogens with zero attached hydrogens (tertiary/aromatic N) is 2. The van der Waals surface area contributed by atoms with Crippen LogP contribution in [0.3, 0.4) is 0 Å². The number of aliphatic hydroxyl groups excluding tert-OH is 1. The second-order valence-corrected chi connectivity index (χ2v) is 4.74. The third-order valence-corrected chi connectivity index (χ3v) is 2.80. The molecule has 0 fully saturated rings. The minimum absolute atomic E-state index is 0.0737. The number of rotatable bonds is 6. The minimum Gasteiger partial charge on any atom is -0.395 e. The third-order valence-electron chi connectivity index (χ3n) is 2.60. The number of halogens is 1. The Balaban J connectivity index is 3.03. The van der Waals surface area contributed by atoms with Gasteiger partial charge in [0.25, 0.3) is 5.91 Å². The fraction of sp³-hybridized carbons (Fsp3) is 0.462. The minimum atomic E-state index is -0.149. The van der Waals surface area contributed by atoms with Crippen LogP contribution in [0.15, 0.2) is 24.9 Å². The van der Waals surface area contributed by atoms with E-state index in [4.69, 9.17) is 16.7 Å². The van der Waals surface area contributed by atoms with Gasteiger partial charge in [0.2, 0.25) is 0 Å². The Hall–Kier alpha value is -1.26. The van der Waals surface area contributed by atoms with Gasteiger partial charge in [-0.2, -0.15) is 0 Å². The van der Waals surface area contributed by atoms with Crippen LogP contribution in [0.1, 0.15) is 30.4 Å². The molecule has 0 radical (unpaired) electrons. The van der Waals surface area contributed by atoms with E-state index in [1.807, 2.05) is 18.4 Å². The first kappa shape index (κ1) is 14.8. The van der Waals surface area contributed by atoms with Crippen LogP contribution in [0.4, 0.5) is 0 Å². The van der Waals surface area contributed by atoms with Crippen molar-refractivity contribution >= 4 is 17.5 Å². The van der Waals surface area contributed by atoms with Gasteiger partial charge < -0.3 is 14.6 Å². The number of carbonyl (C=O) groups excluding carboxylic acids is 1. The maximum atomic E-state index is 12.4. The summed E-state index contributed by atoms with van der Waals surface area (Å²) < 4.78 is 1.83. The molecule has 0 bridgehead atoms. The lowest BCUT2D eigenvalue weighted by molar-refractivity contribution is 0.0730. The zero-order valence-electron chi connectivity index (χ0n) is 10.8. The van der Waals surface area contributed by atoms with E-state index in [2.05, 4.69) is 6.58 Å². The second kappa shape index (κ2) is 6.61. The first-order chi connectivity index (χ1) is 8.51. The van der Waals surface area contributed by atoms with Crippen LogP contribution in [0.5, 0.6) is 0 Å². The molecule has 0 saturated carbocycles. The molecule has 100 valence electrons. The molecule has 4 nitrogen and oxygen atoms in total. The highest BCUT2D eigenvalue weighted by Crippen LogP contribution is 2.20. The normalized spacial score (nSPS) is 10.7. The Bertz CT molecular complexity index is 427.